The van der Waals surface area contributed by atoms with E-state index < -0.39 is 5.97 Å². The number of hydrogen-bond donors (Lipinski definition) is 0. The lowest BCUT2D eigenvalue weighted by molar-refractivity contribution is -0.147. The number of carbonyl (C=O) groups is 1. The molecule has 4 nitrogen and oxygen atoms in total. The number of aromatic nitrogens is 1. The van der Waals surface area contributed by atoms with Crippen molar-refractivity contribution in [3.05, 3.63) is 58.6 Å². The molecule has 0 radical (unpaired) electrons. The summed E-state index contributed by atoms with van der Waals surface area (Å²) in [5.74, 6) is 0.000259. The van der Waals surface area contributed by atoms with Gasteiger partial charge in [0.2, 0.25) is 0 Å². The van der Waals surface area contributed by atoms with Gasteiger partial charge in [-0.05, 0) is 24.3 Å². The van der Waals surface area contributed by atoms with Crippen molar-refractivity contribution in [1.29, 1.82) is 0 Å². The number of hydrogen-bond acceptors (Lipinski definition) is 5. The fourth-order valence-electron chi connectivity index (χ4n) is 1.86. The number of benzene rings is 2. The van der Waals surface area contributed by atoms with Crippen molar-refractivity contribution in [2.45, 2.75) is 6.61 Å². The number of rotatable bonds is 5. The summed E-state index contributed by atoms with van der Waals surface area (Å²) in [6, 6.07) is 14.8. The van der Waals surface area contributed by atoms with E-state index in [2.05, 4.69) is 4.98 Å². The molecule has 0 fully saturated rings. The Labute approximate surface area is 136 Å². The lowest BCUT2D eigenvalue weighted by Gasteiger charge is -2.07. The van der Waals surface area contributed by atoms with Gasteiger partial charge >= 0.3 is 5.97 Å². The maximum Gasteiger partial charge on any atom is 0.344 e. The highest BCUT2D eigenvalue weighted by molar-refractivity contribution is 7.18. The summed E-state index contributed by atoms with van der Waals surface area (Å²) in [6.45, 7) is -0.0430. The van der Waals surface area contributed by atoms with Gasteiger partial charge in [-0.3, -0.25) is 0 Å². The van der Waals surface area contributed by atoms with E-state index in [0.29, 0.717) is 10.8 Å². The first-order chi connectivity index (χ1) is 10.7. The van der Waals surface area contributed by atoms with Gasteiger partial charge in [0, 0.05) is 0 Å². The van der Waals surface area contributed by atoms with Crippen LogP contribution in [0.25, 0.3) is 10.2 Å². The van der Waals surface area contributed by atoms with Crippen LogP contribution in [-0.2, 0) is 16.1 Å². The Kier molecular flexibility index (Phi) is 4.56. The van der Waals surface area contributed by atoms with E-state index in [1.54, 1.807) is 24.3 Å². The third-order valence-corrected chi connectivity index (χ3v) is 4.20. The molecule has 0 aliphatic carbocycles. The first-order valence-corrected chi connectivity index (χ1v) is 7.79. The minimum Gasteiger partial charge on any atom is -0.480 e. The Balaban J connectivity index is 1.53. The fraction of sp³-hybridized carbons (Fsp3) is 0.125. The van der Waals surface area contributed by atoms with Crippen LogP contribution in [0.15, 0.2) is 48.5 Å². The lowest BCUT2D eigenvalue weighted by atomic mass is 10.3. The molecular weight excluding hydrogens is 322 g/mol. The normalized spacial score (nSPS) is 10.6. The van der Waals surface area contributed by atoms with Crippen LogP contribution in [0.5, 0.6) is 5.75 Å². The molecule has 0 amide bonds. The van der Waals surface area contributed by atoms with Gasteiger partial charge < -0.3 is 9.47 Å². The predicted octanol–water partition coefficient (Wildman–Crippen LogP) is 4.07. The van der Waals surface area contributed by atoms with E-state index in [1.807, 2.05) is 24.3 Å². The highest BCUT2D eigenvalue weighted by atomic mass is 35.5. The number of carbonyl (C=O) groups excluding carboxylic acids is 1. The Hall–Kier alpha value is -2.11. The molecule has 0 spiro atoms. The Morgan fingerprint density at radius 1 is 1.14 bits per heavy atom. The zero-order valence-corrected chi connectivity index (χ0v) is 13.1. The Bertz CT molecular complexity index is 770. The van der Waals surface area contributed by atoms with Crippen LogP contribution in [0.1, 0.15) is 5.01 Å². The summed E-state index contributed by atoms with van der Waals surface area (Å²) in [6.07, 6.45) is 0. The molecule has 0 unspecified atom stereocenters. The first-order valence-electron chi connectivity index (χ1n) is 6.60. The van der Waals surface area contributed by atoms with E-state index in [4.69, 9.17) is 21.1 Å². The molecule has 0 N–H and O–H groups in total. The second-order valence-electron chi connectivity index (χ2n) is 4.46. The third kappa shape index (κ3) is 3.55. The molecule has 0 saturated heterocycles. The monoisotopic (exact) mass is 333 g/mol. The van der Waals surface area contributed by atoms with Gasteiger partial charge in [-0.15, -0.1) is 11.3 Å². The van der Waals surface area contributed by atoms with Gasteiger partial charge in [0.25, 0.3) is 0 Å². The van der Waals surface area contributed by atoms with Crippen molar-refractivity contribution in [2.75, 3.05) is 6.61 Å². The summed E-state index contributed by atoms with van der Waals surface area (Å²) >= 11 is 7.45. The van der Waals surface area contributed by atoms with Crippen LogP contribution in [0.4, 0.5) is 0 Å². The standard InChI is InChI=1S/C16H12ClNO3S/c17-11-5-1-3-7-13(11)20-10-16(19)21-9-15-18-12-6-2-4-8-14(12)22-15/h1-8H,9-10H2. The Morgan fingerprint density at radius 2 is 1.91 bits per heavy atom. The molecule has 0 saturated carbocycles. The van der Waals surface area contributed by atoms with Gasteiger partial charge in [-0.1, -0.05) is 35.9 Å². The Morgan fingerprint density at radius 3 is 2.73 bits per heavy atom. The molecule has 3 rings (SSSR count). The molecule has 1 heterocycles. The van der Waals surface area contributed by atoms with Crippen molar-refractivity contribution >= 4 is 39.1 Å². The highest BCUT2D eigenvalue weighted by Crippen LogP contribution is 2.23. The number of halogens is 1. The zero-order chi connectivity index (χ0) is 15.4. The summed E-state index contributed by atoms with van der Waals surface area (Å²) in [7, 11) is 0. The molecule has 6 heteroatoms. The summed E-state index contributed by atoms with van der Waals surface area (Å²) < 4.78 is 11.6. The predicted molar refractivity (Wildman–Crippen MR) is 86.4 cm³/mol. The van der Waals surface area contributed by atoms with Crippen molar-refractivity contribution in [3.8, 4) is 5.75 Å². The second-order valence-corrected chi connectivity index (χ2v) is 5.98. The van der Waals surface area contributed by atoms with Gasteiger partial charge in [0.15, 0.2) is 6.61 Å². The van der Waals surface area contributed by atoms with Crippen molar-refractivity contribution < 1.29 is 14.3 Å². The third-order valence-electron chi connectivity index (χ3n) is 2.88. The van der Waals surface area contributed by atoms with Gasteiger partial charge in [-0.2, -0.15) is 0 Å². The summed E-state index contributed by atoms with van der Waals surface area (Å²) in [4.78, 5) is 16.1. The average Bonchev–Trinajstić information content (AvgIpc) is 2.95. The van der Waals surface area contributed by atoms with Crippen molar-refractivity contribution in [3.63, 3.8) is 0 Å². The molecule has 0 aliphatic rings. The summed E-state index contributed by atoms with van der Waals surface area (Å²) in [5, 5.41) is 1.22. The quantitative estimate of drug-likeness (QED) is 0.660. The van der Waals surface area contributed by atoms with Crippen LogP contribution in [0.3, 0.4) is 0 Å². The SMILES string of the molecule is O=C(COc1ccccc1Cl)OCc1nc2ccccc2s1. The van der Waals surface area contributed by atoms with Crippen LogP contribution >= 0.6 is 22.9 Å². The second kappa shape index (κ2) is 6.77. The first kappa shape index (κ1) is 14.8. The highest BCUT2D eigenvalue weighted by Gasteiger charge is 2.09. The van der Waals surface area contributed by atoms with Gasteiger partial charge in [0.05, 0.1) is 15.2 Å². The summed E-state index contributed by atoms with van der Waals surface area (Å²) in [5.41, 5.74) is 0.908. The number of esters is 1. The maximum atomic E-state index is 11.7. The molecule has 1 aromatic heterocycles. The molecule has 0 bridgehead atoms. The molecule has 112 valence electrons. The lowest BCUT2D eigenvalue weighted by Crippen LogP contribution is -2.14. The number of fused-ring (bicyclic) bond motifs is 1. The molecule has 2 aromatic carbocycles. The molecule has 3 aromatic rings. The average molecular weight is 334 g/mol. The molecular formula is C16H12ClNO3S. The van der Waals surface area contributed by atoms with Crippen LogP contribution in [0.2, 0.25) is 5.02 Å². The minimum atomic E-state index is -0.459. The maximum absolute atomic E-state index is 11.7. The van der Waals surface area contributed by atoms with E-state index >= 15 is 0 Å². The largest absolute Gasteiger partial charge is 0.480 e. The fourth-order valence-corrected chi connectivity index (χ4v) is 2.93. The minimum absolute atomic E-state index is 0.143. The topological polar surface area (TPSA) is 48.4 Å². The number of para-hydroxylation sites is 2. The van der Waals surface area contributed by atoms with Crippen LogP contribution in [-0.4, -0.2) is 17.6 Å². The number of thiazole rings is 1. The zero-order valence-electron chi connectivity index (χ0n) is 11.5. The van der Waals surface area contributed by atoms with E-state index in [0.717, 1.165) is 15.2 Å². The van der Waals surface area contributed by atoms with Gasteiger partial charge in [0.1, 0.15) is 17.4 Å². The van der Waals surface area contributed by atoms with E-state index in [-0.39, 0.29) is 13.2 Å². The van der Waals surface area contributed by atoms with Crippen LogP contribution in [0, 0.1) is 0 Å². The van der Waals surface area contributed by atoms with Gasteiger partial charge in [-0.25, -0.2) is 9.78 Å². The van der Waals surface area contributed by atoms with Crippen molar-refractivity contribution in [1.82, 2.24) is 4.98 Å². The smallest absolute Gasteiger partial charge is 0.344 e. The molecule has 22 heavy (non-hydrogen) atoms. The molecule has 0 aliphatic heterocycles. The van der Waals surface area contributed by atoms with Crippen LogP contribution < -0.4 is 4.74 Å². The van der Waals surface area contributed by atoms with Crippen molar-refractivity contribution in [2.24, 2.45) is 0 Å². The number of nitrogens with zero attached hydrogens (tertiary/aromatic N) is 1. The molecule has 0 atom stereocenters. The van der Waals surface area contributed by atoms with E-state index in [9.17, 15) is 4.79 Å². The van der Waals surface area contributed by atoms with E-state index in [1.165, 1.54) is 11.3 Å². The number of ether oxygens (including phenoxy) is 2.